The first-order valence-electron chi connectivity index (χ1n) is 6.16. The van der Waals surface area contributed by atoms with Crippen LogP contribution in [-0.2, 0) is 11.2 Å². The number of pyridine rings is 1. The summed E-state index contributed by atoms with van der Waals surface area (Å²) in [5, 5.41) is 0. The lowest BCUT2D eigenvalue weighted by atomic mass is 10.2. The number of imidazole rings is 1. The van der Waals surface area contributed by atoms with E-state index in [2.05, 4.69) is 18.1 Å². The maximum Gasteiger partial charge on any atom is 0.229 e. The van der Waals surface area contributed by atoms with Crippen LogP contribution in [0.3, 0.4) is 0 Å². The zero-order chi connectivity index (χ0) is 13.7. The Hall–Kier alpha value is -2.36. The molecule has 0 atom stereocenters. The van der Waals surface area contributed by atoms with Crippen molar-refractivity contribution in [1.82, 2.24) is 14.3 Å². The second-order valence-corrected chi connectivity index (χ2v) is 4.23. The summed E-state index contributed by atoms with van der Waals surface area (Å²) in [7, 11) is 0. The average Bonchev–Trinajstić information content (AvgIpc) is 2.82. The second kappa shape index (κ2) is 6.00. The number of carbonyl (C=O) groups excluding carboxylic acids is 1. The Morgan fingerprint density at radius 3 is 2.74 bits per heavy atom. The largest absolute Gasteiger partial charge is 0.335 e. The quantitative estimate of drug-likeness (QED) is 0.741. The zero-order valence-electron chi connectivity index (χ0n) is 10.8. The van der Waals surface area contributed by atoms with Crippen molar-refractivity contribution in [2.75, 3.05) is 13.1 Å². The van der Waals surface area contributed by atoms with Crippen LogP contribution in [0.2, 0.25) is 0 Å². The van der Waals surface area contributed by atoms with Gasteiger partial charge in [-0.1, -0.05) is 18.2 Å². The summed E-state index contributed by atoms with van der Waals surface area (Å²) in [6, 6.07) is 5.77. The van der Waals surface area contributed by atoms with E-state index in [1.165, 1.54) is 0 Å². The Morgan fingerprint density at radius 1 is 1.32 bits per heavy atom. The van der Waals surface area contributed by atoms with E-state index in [0.717, 1.165) is 11.3 Å². The second-order valence-electron chi connectivity index (χ2n) is 4.23. The number of fused-ring (bicyclic) bond motifs is 1. The van der Waals surface area contributed by atoms with Gasteiger partial charge in [0.1, 0.15) is 5.65 Å². The van der Waals surface area contributed by atoms with E-state index < -0.39 is 0 Å². The maximum absolute atomic E-state index is 12.2. The summed E-state index contributed by atoms with van der Waals surface area (Å²) in [5.41, 5.74) is 1.74. The highest BCUT2D eigenvalue weighted by Gasteiger charge is 2.13. The van der Waals surface area contributed by atoms with Gasteiger partial charge in [-0.15, -0.1) is 13.2 Å². The van der Waals surface area contributed by atoms with Crippen LogP contribution in [0.15, 0.2) is 55.9 Å². The van der Waals surface area contributed by atoms with Gasteiger partial charge in [0.15, 0.2) is 0 Å². The number of hydrogen-bond donors (Lipinski definition) is 0. The summed E-state index contributed by atoms with van der Waals surface area (Å²) < 4.78 is 1.93. The van der Waals surface area contributed by atoms with E-state index in [9.17, 15) is 4.79 Å². The van der Waals surface area contributed by atoms with Gasteiger partial charge in [-0.2, -0.15) is 0 Å². The molecule has 2 heterocycles. The Morgan fingerprint density at radius 2 is 2.05 bits per heavy atom. The molecule has 2 aromatic rings. The molecule has 2 rings (SSSR count). The summed E-state index contributed by atoms with van der Waals surface area (Å²) in [6.07, 6.45) is 7.42. The zero-order valence-corrected chi connectivity index (χ0v) is 10.8. The normalized spacial score (nSPS) is 10.3. The molecule has 2 aromatic heterocycles. The molecule has 0 saturated carbocycles. The van der Waals surface area contributed by atoms with Crippen molar-refractivity contribution in [2.24, 2.45) is 0 Å². The number of carbonyl (C=O) groups is 1. The van der Waals surface area contributed by atoms with Crippen LogP contribution in [0.5, 0.6) is 0 Å². The Balaban J connectivity index is 2.17. The van der Waals surface area contributed by atoms with Gasteiger partial charge in [0.05, 0.1) is 12.1 Å². The first-order chi connectivity index (χ1) is 9.26. The minimum Gasteiger partial charge on any atom is -0.335 e. The molecule has 0 unspecified atom stereocenters. The molecule has 0 aliphatic heterocycles. The van der Waals surface area contributed by atoms with Gasteiger partial charge >= 0.3 is 0 Å². The van der Waals surface area contributed by atoms with Crippen LogP contribution >= 0.6 is 0 Å². The molecule has 0 aromatic carbocycles. The van der Waals surface area contributed by atoms with Crippen LogP contribution in [0.1, 0.15) is 5.69 Å². The lowest BCUT2D eigenvalue weighted by Gasteiger charge is -2.19. The lowest BCUT2D eigenvalue weighted by Crippen LogP contribution is -2.32. The van der Waals surface area contributed by atoms with Crippen molar-refractivity contribution in [1.29, 1.82) is 0 Å². The van der Waals surface area contributed by atoms with E-state index in [1.54, 1.807) is 23.2 Å². The Labute approximate surface area is 112 Å². The standard InChI is InChI=1S/C15H17N3O/c1-3-8-17(9-4-2)15(19)11-13-12-16-14-7-5-6-10-18(13)14/h3-7,10,12H,1-2,8-9,11H2. The maximum atomic E-state index is 12.2. The number of nitrogens with zero attached hydrogens (tertiary/aromatic N) is 3. The van der Waals surface area contributed by atoms with Crippen molar-refractivity contribution in [3.05, 3.63) is 61.6 Å². The number of aromatic nitrogens is 2. The predicted molar refractivity (Wildman–Crippen MR) is 75.9 cm³/mol. The van der Waals surface area contributed by atoms with E-state index in [1.807, 2.05) is 28.8 Å². The molecular formula is C15H17N3O. The fourth-order valence-corrected chi connectivity index (χ4v) is 1.97. The van der Waals surface area contributed by atoms with E-state index >= 15 is 0 Å². The molecule has 4 nitrogen and oxygen atoms in total. The van der Waals surface area contributed by atoms with Crippen molar-refractivity contribution >= 4 is 11.6 Å². The van der Waals surface area contributed by atoms with Crippen molar-refractivity contribution in [3.63, 3.8) is 0 Å². The van der Waals surface area contributed by atoms with Gasteiger partial charge in [0.25, 0.3) is 0 Å². The van der Waals surface area contributed by atoms with Gasteiger partial charge < -0.3 is 9.30 Å². The Bertz CT molecular complexity index is 590. The summed E-state index contributed by atoms with van der Waals surface area (Å²) >= 11 is 0. The van der Waals surface area contributed by atoms with Crippen molar-refractivity contribution < 1.29 is 4.79 Å². The highest BCUT2D eigenvalue weighted by Crippen LogP contribution is 2.08. The summed E-state index contributed by atoms with van der Waals surface area (Å²) in [4.78, 5) is 18.2. The van der Waals surface area contributed by atoms with Crippen LogP contribution in [0.4, 0.5) is 0 Å². The molecule has 98 valence electrons. The van der Waals surface area contributed by atoms with E-state index in [4.69, 9.17) is 0 Å². The molecule has 0 bridgehead atoms. The summed E-state index contributed by atoms with van der Waals surface area (Å²) in [6.45, 7) is 8.39. The number of amides is 1. The molecule has 19 heavy (non-hydrogen) atoms. The van der Waals surface area contributed by atoms with Gasteiger partial charge in [-0.05, 0) is 12.1 Å². The fraction of sp³-hybridized carbons (Fsp3) is 0.200. The highest BCUT2D eigenvalue weighted by molar-refractivity contribution is 5.79. The molecule has 0 N–H and O–H groups in total. The molecule has 0 aliphatic carbocycles. The monoisotopic (exact) mass is 255 g/mol. The molecule has 4 heteroatoms. The molecule has 0 fully saturated rings. The van der Waals surface area contributed by atoms with Gasteiger partial charge in [0.2, 0.25) is 5.91 Å². The third-order valence-electron chi connectivity index (χ3n) is 2.88. The first-order valence-corrected chi connectivity index (χ1v) is 6.16. The van der Waals surface area contributed by atoms with Crippen LogP contribution in [-0.4, -0.2) is 33.3 Å². The molecule has 0 saturated heterocycles. The molecule has 0 spiro atoms. The molecular weight excluding hydrogens is 238 g/mol. The number of rotatable bonds is 6. The first kappa shape index (κ1) is 13.1. The minimum absolute atomic E-state index is 0.0467. The van der Waals surface area contributed by atoms with Crippen LogP contribution < -0.4 is 0 Å². The topological polar surface area (TPSA) is 37.6 Å². The van der Waals surface area contributed by atoms with Gasteiger partial charge in [-0.25, -0.2) is 4.98 Å². The number of hydrogen-bond acceptors (Lipinski definition) is 2. The fourth-order valence-electron chi connectivity index (χ4n) is 1.97. The van der Waals surface area contributed by atoms with Crippen LogP contribution in [0.25, 0.3) is 5.65 Å². The SMILES string of the molecule is C=CCN(CC=C)C(=O)Cc1cnc2ccccn12. The molecule has 1 amide bonds. The lowest BCUT2D eigenvalue weighted by molar-refractivity contribution is -0.129. The minimum atomic E-state index is 0.0467. The van der Waals surface area contributed by atoms with Gasteiger partial charge in [-0.3, -0.25) is 4.79 Å². The molecule has 0 aliphatic rings. The smallest absolute Gasteiger partial charge is 0.229 e. The van der Waals surface area contributed by atoms with Crippen molar-refractivity contribution in [3.8, 4) is 0 Å². The predicted octanol–water partition coefficient (Wildman–Crippen LogP) is 2.08. The van der Waals surface area contributed by atoms with Crippen molar-refractivity contribution in [2.45, 2.75) is 6.42 Å². The van der Waals surface area contributed by atoms with Crippen LogP contribution in [0, 0.1) is 0 Å². The molecule has 0 radical (unpaired) electrons. The summed E-state index contributed by atoms with van der Waals surface area (Å²) in [5.74, 6) is 0.0467. The average molecular weight is 255 g/mol. The van der Waals surface area contributed by atoms with Gasteiger partial charge in [0, 0.05) is 25.5 Å². The Kier molecular flexibility index (Phi) is 4.13. The highest BCUT2D eigenvalue weighted by atomic mass is 16.2. The van der Waals surface area contributed by atoms with E-state index in [-0.39, 0.29) is 5.91 Å². The third kappa shape index (κ3) is 2.91. The third-order valence-corrected chi connectivity index (χ3v) is 2.88. The van der Waals surface area contributed by atoms with E-state index in [0.29, 0.717) is 19.5 Å².